The number of esters is 1. The summed E-state index contributed by atoms with van der Waals surface area (Å²) in [5.41, 5.74) is 1.10. The van der Waals surface area contributed by atoms with Gasteiger partial charge in [0.2, 0.25) is 0 Å². The third-order valence-corrected chi connectivity index (χ3v) is 2.14. The van der Waals surface area contributed by atoms with Crippen molar-refractivity contribution in [2.45, 2.75) is 6.42 Å². The highest BCUT2D eigenvalue weighted by molar-refractivity contribution is 6.26. The van der Waals surface area contributed by atoms with Crippen LogP contribution < -0.4 is 4.74 Å². The van der Waals surface area contributed by atoms with Gasteiger partial charge in [-0.1, -0.05) is 12.1 Å². The summed E-state index contributed by atoms with van der Waals surface area (Å²) < 4.78 is 9.88. The van der Waals surface area contributed by atoms with E-state index in [-0.39, 0.29) is 11.8 Å². The van der Waals surface area contributed by atoms with Gasteiger partial charge < -0.3 is 9.47 Å². The van der Waals surface area contributed by atoms with Crippen LogP contribution in [0.15, 0.2) is 24.3 Å². The van der Waals surface area contributed by atoms with E-state index in [0.717, 1.165) is 11.3 Å². The summed E-state index contributed by atoms with van der Waals surface area (Å²) in [5.74, 6) is 0.337. The minimum Gasteiger partial charge on any atom is -0.497 e. The van der Waals surface area contributed by atoms with E-state index in [1.807, 2.05) is 24.3 Å². The van der Waals surface area contributed by atoms with E-state index in [2.05, 4.69) is 0 Å². The van der Waals surface area contributed by atoms with Crippen molar-refractivity contribution in [2.24, 2.45) is 0 Å². The molecule has 0 N–H and O–H groups in total. The zero-order chi connectivity index (χ0) is 11.1. The van der Waals surface area contributed by atoms with Crippen molar-refractivity contribution >= 4 is 17.6 Å². The molecule has 0 bridgehead atoms. The van der Waals surface area contributed by atoms with Gasteiger partial charge in [-0.3, -0.25) is 4.79 Å². The molecule has 0 aliphatic heterocycles. The van der Waals surface area contributed by atoms with E-state index in [9.17, 15) is 4.79 Å². The molecule has 1 aromatic carbocycles. The molecule has 0 aliphatic rings. The Bertz CT molecular complexity index is 308. The second-order valence-electron chi connectivity index (χ2n) is 2.95. The van der Waals surface area contributed by atoms with Gasteiger partial charge in [0.25, 0.3) is 0 Å². The lowest BCUT2D eigenvalue weighted by atomic mass is 10.1. The van der Waals surface area contributed by atoms with Crippen molar-refractivity contribution in [3.63, 3.8) is 0 Å². The number of carbonyl (C=O) groups excluding carboxylic acids is 1. The van der Waals surface area contributed by atoms with Crippen LogP contribution >= 0.6 is 11.6 Å². The predicted octanol–water partition coefficient (Wildman–Crippen LogP) is 2.02. The first-order valence-corrected chi connectivity index (χ1v) is 5.14. The molecule has 0 saturated heterocycles. The predicted molar refractivity (Wildman–Crippen MR) is 58.4 cm³/mol. The zero-order valence-corrected chi connectivity index (χ0v) is 9.29. The van der Waals surface area contributed by atoms with Crippen LogP contribution in [0.5, 0.6) is 5.75 Å². The van der Waals surface area contributed by atoms with Gasteiger partial charge in [0.05, 0.1) is 13.7 Å². The molecule has 0 heterocycles. The fraction of sp³-hybridized carbons (Fsp3) is 0.364. The summed E-state index contributed by atoms with van der Waals surface area (Å²) >= 11 is 5.28. The Labute approximate surface area is 93.9 Å². The molecule has 1 rings (SSSR count). The van der Waals surface area contributed by atoms with Crippen LogP contribution in [-0.4, -0.2) is 25.6 Å². The van der Waals surface area contributed by atoms with E-state index >= 15 is 0 Å². The van der Waals surface area contributed by atoms with Crippen molar-refractivity contribution in [2.75, 3.05) is 19.6 Å². The van der Waals surface area contributed by atoms with Crippen molar-refractivity contribution in [1.82, 2.24) is 0 Å². The maximum Gasteiger partial charge on any atom is 0.320 e. The van der Waals surface area contributed by atoms with Crippen LogP contribution in [0.1, 0.15) is 5.56 Å². The zero-order valence-electron chi connectivity index (χ0n) is 8.53. The highest BCUT2D eigenvalue weighted by atomic mass is 35.5. The minimum absolute atomic E-state index is 0.0946. The first-order valence-electron chi connectivity index (χ1n) is 4.61. The second kappa shape index (κ2) is 6.30. The molecular formula is C11H13ClO3. The Morgan fingerprint density at radius 3 is 2.53 bits per heavy atom. The summed E-state index contributed by atoms with van der Waals surface area (Å²) in [6.45, 7) is 0.359. The Kier molecular flexibility index (Phi) is 4.98. The average molecular weight is 229 g/mol. The molecule has 0 atom stereocenters. The Hall–Kier alpha value is -1.22. The number of rotatable bonds is 5. The number of carbonyl (C=O) groups is 1. The van der Waals surface area contributed by atoms with Crippen molar-refractivity contribution in [3.8, 4) is 5.75 Å². The monoisotopic (exact) mass is 228 g/mol. The molecular weight excluding hydrogens is 216 g/mol. The molecule has 1 aromatic rings. The maximum atomic E-state index is 10.7. The van der Waals surface area contributed by atoms with Gasteiger partial charge in [0.1, 0.15) is 11.6 Å². The Balaban J connectivity index is 2.34. The number of alkyl halides is 1. The van der Waals surface area contributed by atoms with Gasteiger partial charge in [-0.05, 0) is 17.7 Å². The molecule has 0 amide bonds. The molecule has 0 unspecified atom stereocenters. The first kappa shape index (κ1) is 11.9. The van der Waals surface area contributed by atoms with Crippen LogP contribution in [0.3, 0.4) is 0 Å². The van der Waals surface area contributed by atoms with E-state index in [1.54, 1.807) is 7.11 Å². The SMILES string of the molecule is COc1ccc(CCOC(=O)CCl)cc1. The van der Waals surface area contributed by atoms with Crippen molar-refractivity contribution < 1.29 is 14.3 Å². The van der Waals surface area contributed by atoms with E-state index < -0.39 is 0 Å². The fourth-order valence-electron chi connectivity index (χ4n) is 1.11. The fourth-order valence-corrected chi connectivity index (χ4v) is 1.19. The van der Waals surface area contributed by atoms with Crippen molar-refractivity contribution in [3.05, 3.63) is 29.8 Å². The number of hydrogen-bond acceptors (Lipinski definition) is 3. The summed E-state index contributed by atoms with van der Waals surface area (Å²) in [6.07, 6.45) is 0.687. The third kappa shape index (κ3) is 4.21. The summed E-state index contributed by atoms with van der Waals surface area (Å²) in [7, 11) is 1.62. The number of methoxy groups -OCH3 is 1. The van der Waals surface area contributed by atoms with Gasteiger partial charge in [0, 0.05) is 6.42 Å². The molecule has 15 heavy (non-hydrogen) atoms. The molecule has 0 fully saturated rings. The number of benzene rings is 1. The highest BCUT2D eigenvalue weighted by Crippen LogP contribution is 2.11. The van der Waals surface area contributed by atoms with Crippen LogP contribution in [0.2, 0.25) is 0 Å². The molecule has 82 valence electrons. The van der Waals surface area contributed by atoms with E-state index in [0.29, 0.717) is 13.0 Å². The van der Waals surface area contributed by atoms with Crippen LogP contribution in [-0.2, 0) is 16.0 Å². The standard InChI is InChI=1S/C11H13ClO3/c1-14-10-4-2-9(3-5-10)6-7-15-11(13)8-12/h2-5H,6-8H2,1H3. The summed E-state index contributed by atoms with van der Waals surface area (Å²) in [5, 5.41) is 0. The molecule has 0 aliphatic carbocycles. The number of ether oxygens (including phenoxy) is 2. The second-order valence-corrected chi connectivity index (χ2v) is 3.22. The lowest BCUT2D eigenvalue weighted by molar-refractivity contribution is -0.140. The smallest absolute Gasteiger partial charge is 0.320 e. The summed E-state index contributed by atoms with van der Waals surface area (Å²) in [6, 6.07) is 7.62. The molecule has 0 spiro atoms. The quantitative estimate of drug-likeness (QED) is 0.571. The normalized spacial score (nSPS) is 9.73. The van der Waals surface area contributed by atoms with Gasteiger partial charge in [-0.15, -0.1) is 11.6 Å². The highest BCUT2D eigenvalue weighted by Gasteiger charge is 2.00. The van der Waals surface area contributed by atoms with Crippen LogP contribution in [0, 0.1) is 0 Å². The summed E-state index contributed by atoms with van der Waals surface area (Å²) in [4.78, 5) is 10.7. The maximum absolute atomic E-state index is 10.7. The molecule has 0 aromatic heterocycles. The largest absolute Gasteiger partial charge is 0.497 e. The number of hydrogen-bond donors (Lipinski definition) is 0. The van der Waals surface area contributed by atoms with E-state index in [4.69, 9.17) is 21.1 Å². The minimum atomic E-state index is -0.384. The first-order chi connectivity index (χ1) is 7.26. The average Bonchev–Trinajstić information content (AvgIpc) is 2.29. The molecule has 0 radical (unpaired) electrons. The van der Waals surface area contributed by atoms with Gasteiger partial charge in [-0.25, -0.2) is 0 Å². The molecule has 3 nitrogen and oxygen atoms in total. The van der Waals surface area contributed by atoms with Gasteiger partial charge in [-0.2, -0.15) is 0 Å². The van der Waals surface area contributed by atoms with Crippen LogP contribution in [0.4, 0.5) is 0 Å². The lowest BCUT2D eigenvalue weighted by Gasteiger charge is -2.04. The Morgan fingerprint density at radius 1 is 1.33 bits per heavy atom. The van der Waals surface area contributed by atoms with Crippen LogP contribution in [0.25, 0.3) is 0 Å². The third-order valence-electron chi connectivity index (χ3n) is 1.92. The lowest BCUT2D eigenvalue weighted by Crippen LogP contribution is -2.08. The molecule has 0 saturated carbocycles. The topological polar surface area (TPSA) is 35.5 Å². The number of halogens is 1. The Morgan fingerprint density at radius 2 is 2.00 bits per heavy atom. The van der Waals surface area contributed by atoms with Gasteiger partial charge in [0.15, 0.2) is 0 Å². The molecule has 4 heteroatoms. The van der Waals surface area contributed by atoms with Crippen molar-refractivity contribution in [1.29, 1.82) is 0 Å². The van der Waals surface area contributed by atoms with Gasteiger partial charge >= 0.3 is 5.97 Å². The van der Waals surface area contributed by atoms with E-state index in [1.165, 1.54) is 0 Å².